The summed E-state index contributed by atoms with van der Waals surface area (Å²) in [7, 11) is 0. The molecule has 2 N–H and O–H groups in total. The highest BCUT2D eigenvalue weighted by molar-refractivity contribution is 6.00. The molecule has 0 saturated carbocycles. The van der Waals surface area contributed by atoms with E-state index >= 15 is 0 Å². The van der Waals surface area contributed by atoms with Gasteiger partial charge in [-0.05, 0) is 19.1 Å². The Morgan fingerprint density at radius 1 is 1.41 bits per heavy atom. The third kappa shape index (κ3) is 2.41. The van der Waals surface area contributed by atoms with Crippen molar-refractivity contribution in [3.05, 3.63) is 53.7 Å². The van der Waals surface area contributed by atoms with Crippen LogP contribution in [0.5, 0.6) is 0 Å². The van der Waals surface area contributed by atoms with Crippen LogP contribution in [0.15, 0.2) is 41.2 Å². The number of hydrogen-bond acceptors (Lipinski definition) is 5. The van der Waals surface area contributed by atoms with Crippen LogP contribution in [-0.4, -0.2) is 31.8 Å². The Bertz CT molecular complexity index is 851. The fourth-order valence-electron chi connectivity index (χ4n) is 2.05. The van der Waals surface area contributed by atoms with E-state index in [9.17, 15) is 9.59 Å². The first-order valence-electron chi connectivity index (χ1n) is 6.49. The van der Waals surface area contributed by atoms with Crippen LogP contribution in [0.1, 0.15) is 39.6 Å². The Balaban J connectivity index is 1.79. The average molecular weight is 300 g/mol. The summed E-state index contributed by atoms with van der Waals surface area (Å²) in [4.78, 5) is 23.1. The van der Waals surface area contributed by atoms with Crippen molar-refractivity contribution in [3.63, 3.8) is 0 Å². The Morgan fingerprint density at radius 3 is 2.95 bits per heavy atom. The fraction of sp³-hybridized carbons (Fsp3) is 0.143. The molecule has 0 aliphatic rings. The van der Waals surface area contributed by atoms with Gasteiger partial charge < -0.3 is 14.9 Å². The lowest BCUT2D eigenvalue weighted by Gasteiger charge is -2.09. The zero-order valence-corrected chi connectivity index (χ0v) is 11.6. The molecule has 3 rings (SSSR count). The number of carbonyl (C=O) groups excluding carboxylic acids is 1. The molecule has 0 saturated heterocycles. The Labute approximate surface area is 124 Å². The van der Waals surface area contributed by atoms with Crippen molar-refractivity contribution >= 4 is 17.4 Å². The van der Waals surface area contributed by atoms with Gasteiger partial charge in [-0.3, -0.25) is 4.79 Å². The van der Waals surface area contributed by atoms with Crippen molar-refractivity contribution in [2.75, 3.05) is 0 Å². The SMILES string of the molecule is C[C@@H](NC(=O)c1cnn2ccccc12)c1cc(C(=O)O)on1. The predicted molar refractivity (Wildman–Crippen MR) is 74.5 cm³/mol. The maximum Gasteiger partial charge on any atom is 0.374 e. The summed E-state index contributed by atoms with van der Waals surface area (Å²) in [6.07, 6.45) is 3.22. The van der Waals surface area contributed by atoms with Crippen LogP contribution in [-0.2, 0) is 0 Å². The smallest absolute Gasteiger partial charge is 0.374 e. The van der Waals surface area contributed by atoms with Crippen molar-refractivity contribution in [2.24, 2.45) is 0 Å². The van der Waals surface area contributed by atoms with Gasteiger partial charge in [0.1, 0.15) is 5.69 Å². The summed E-state index contributed by atoms with van der Waals surface area (Å²) in [5.74, 6) is -1.81. The topological polar surface area (TPSA) is 110 Å². The number of amides is 1. The molecule has 0 aliphatic carbocycles. The van der Waals surface area contributed by atoms with E-state index in [1.54, 1.807) is 23.7 Å². The molecule has 3 aromatic heterocycles. The highest BCUT2D eigenvalue weighted by Crippen LogP contribution is 2.15. The molecular weight excluding hydrogens is 288 g/mol. The molecule has 3 heterocycles. The van der Waals surface area contributed by atoms with E-state index in [2.05, 4.69) is 20.1 Å². The van der Waals surface area contributed by atoms with Gasteiger partial charge in [0.15, 0.2) is 0 Å². The van der Waals surface area contributed by atoms with Crippen molar-refractivity contribution in [1.29, 1.82) is 0 Å². The summed E-state index contributed by atoms with van der Waals surface area (Å²) in [6, 6.07) is 6.19. The minimum Gasteiger partial charge on any atom is -0.475 e. The second-order valence-corrected chi connectivity index (χ2v) is 4.71. The predicted octanol–water partition coefficient (Wildman–Crippen LogP) is 1.51. The number of pyridine rings is 1. The third-order valence-electron chi connectivity index (χ3n) is 3.20. The maximum absolute atomic E-state index is 12.3. The van der Waals surface area contributed by atoms with Crippen LogP contribution in [0.3, 0.4) is 0 Å². The summed E-state index contributed by atoms with van der Waals surface area (Å²) in [5, 5.41) is 19.3. The Hall–Kier alpha value is -3.16. The first-order chi connectivity index (χ1) is 10.6. The van der Waals surface area contributed by atoms with Crippen LogP contribution in [0, 0.1) is 0 Å². The number of carbonyl (C=O) groups is 2. The van der Waals surface area contributed by atoms with Crippen molar-refractivity contribution in [3.8, 4) is 0 Å². The molecule has 3 aromatic rings. The van der Waals surface area contributed by atoms with Gasteiger partial charge in [-0.25, -0.2) is 9.31 Å². The van der Waals surface area contributed by atoms with Crippen LogP contribution < -0.4 is 5.32 Å². The number of fused-ring (bicyclic) bond motifs is 1. The third-order valence-corrected chi connectivity index (χ3v) is 3.20. The van der Waals surface area contributed by atoms with Crippen LogP contribution in [0.25, 0.3) is 5.52 Å². The van der Waals surface area contributed by atoms with E-state index in [0.717, 1.165) is 0 Å². The summed E-state index contributed by atoms with van der Waals surface area (Å²) < 4.78 is 6.27. The molecule has 0 fully saturated rings. The molecule has 1 atom stereocenters. The maximum atomic E-state index is 12.3. The van der Waals surface area contributed by atoms with Gasteiger partial charge in [0.2, 0.25) is 5.76 Å². The number of carboxylic acid groups (broad SMARTS) is 1. The van der Waals surface area contributed by atoms with E-state index in [1.165, 1.54) is 12.3 Å². The number of aromatic carboxylic acids is 1. The van der Waals surface area contributed by atoms with E-state index in [-0.39, 0.29) is 11.7 Å². The van der Waals surface area contributed by atoms with E-state index < -0.39 is 12.0 Å². The number of hydrogen-bond donors (Lipinski definition) is 2. The zero-order valence-electron chi connectivity index (χ0n) is 11.6. The van der Waals surface area contributed by atoms with Gasteiger partial charge in [0.05, 0.1) is 23.3 Å². The Kier molecular flexibility index (Phi) is 3.34. The molecule has 112 valence electrons. The number of carboxylic acids is 1. The highest BCUT2D eigenvalue weighted by Gasteiger charge is 2.19. The molecule has 8 heteroatoms. The molecule has 0 aliphatic heterocycles. The van der Waals surface area contributed by atoms with Crippen molar-refractivity contribution in [2.45, 2.75) is 13.0 Å². The van der Waals surface area contributed by atoms with Gasteiger partial charge in [-0.1, -0.05) is 11.2 Å². The van der Waals surface area contributed by atoms with E-state index in [1.807, 2.05) is 12.1 Å². The number of nitrogens with zero attached hydrogens (tertiary/aromatic N) is 3. The van der Waals surface area contributed by atoms with Crippen LogP contribution in [0.4, 0.5) is 0 Å². The molecule has 0 spiro atoms. The second kappa shape index (κ2) is 5.32. The van der Waals surface area contributed by atoms with Crippen molar-refractivity contribution < 1.29 is 19.2 Å². The quantitative estimate of drug-likeness (QED) is 0.755. The molecule has 0 aromatic carbocycles. The highest BCUT2D eigenvalue weighted by atomic mass is 16.5. The zero-order chi connectivity index (χ0) is 15.7. The minimum atomic E-state index is -1.21. The molecule has 0 bridgehead atoms. The number of aromatic nitrogens is 3. The minimum absolute atomic E-state index is 0.271. The second-order valence-electron chi connectivity index (χ2n) is 4.71. The van der Waals surface area contributed by atoms with Crippen LogP contribution >= 0.6 is 0 Å². The lowest BCUT2D eigenvalue weighted by molar-refractivity contribution is 0.0651. The van der Waals surface area contributed by atoms with Gasteiger partial charge in [-0.15, -0.1) is 0 Å². The molecule has 1 amide bonds. The van der Waals surface area contributed by atoms with Gasteiger partial charge in [-0.2, -0.15) is 5.10 Å². The van der Waals surface area contributed by atoms with Gasteiger partial charge >= 0.3 is 5.97 Å². The Morgan fingerprint density at radius 2 is 2.23 bits per heavy atom. The van der Waals surface area contributed by atoms with Crippen LogP contribution in [0.2, 0.25) is 0 Å². The largest absolute Gasteiger partial charge is 0.475 e. The van der Waals surface area contributed by atoms with Crippen molar-refractivity contribution in [1.82, 2.24) is 20.1 Å². The number of nitrogens with one attached hydrogen (secondary N) is 1. The first kappa shape index (κ1) is 13.8. The monoisotopic (exact) mass is 300 g/mol. The first-order valence-corrected chi connectivity index (χ1v) is 6.49. The van der Waals surface area contributed by atoms with E-state index in [4.69, 9.17) is 5.11 Å². The lowest BCUT2D eigenvalue weighted by Crippen LogP contribution is -2.26. The average Bonchev–Trinajstić information content (AvgIpc) is 3.14. The molecule has 0 radical (unpaired) electrons. The summed E-state index contributed by atoms with van der Waals surface area (Å²) in [5.41, 5.74) is 1.44. The normalized spacial score (nSPS) is 12.2. The summed E-state index contributed by atoms with van der Waals surface area (Å²) in [6.45, 7) is 1.69. The lowest BCUT2D eigenvalue weighted by atomic mass is 10.2. The van der Waals surface area contributed by atoms with Gasteiger partial charge in [0, 0.05) is 12.3 Å². The fourth-order valence-corrected chi connectivity index (χ4v) is 2.05. The summed E-state index contributed by atoms with van der Waals surface area (Å²) >= 11 is 0. The van der Waals surface area contributed by atoms with E-state index in [0.29, 0.717) is 16.8 Å². The standard InChI is InChI=1S/C14H12N4O4/c1-8(10-6-12(14(20)21)22-17-10)16-13(19)9-7-15-18-5-3-2-4-11(9)18/h2-8H,1H3,(H,16,19)(H,20,21)/t8-/m1/s1. The molecule has 0 unspecified atom stereocenters. The molecule has 22 heavy (non-hydrogen) atoms. The molecule has 8 nitrogen and oxygen atoms in total. The molecular formula is C14H12N4O4. The van der Waals surface area contributed by atoms with Gasteiger partial charge in [0.25, 0.3) is 5.91 Å². The number of rotatable bonds is 4.